The van der Waals surface area contributed by atoms with Crippen LogP contribution < -0.4 is 0 Å². The van der Waals surface area contributed by atoms with Crippen LogP contribution in [0.3, 0.4) is 0 Å². The Kier molecular flexibility index (Phi) is 3.18. The Morgan fingerprint density at radius 1 is 1.29 bits per heavy atom. The lowest BCUT2D eigenvalue weighted by Crippen LogP contribution is -2.11. The van der Waals surface area contributed by atoms with Gasteiger partial charge in [-0.3, -0.25) is 4.57 Å². The first-order chi connectivity index (χ1) is 8.16. The van der Waals surface area contributed by atoms with Crippen LogP contribution in [0, 0.1) is 0 Å². The Labute approximate surface area is 99.1 Å². The van der Waals surface area contributed by atoms with E-state index in [1.165, 1.54) is 0 Å². The number of nitrogens with zero attached hydrogens (tertiary/aromatic N) is 3. The molecule has 0 N–H and O–H groups in total. The van der Waals surface area contributed by atoms with Gasteiger partial charge in [0.1, 0.15) is 12.7 Å². The maximum absolute atomic E-state index is 11.7. The quantitative estimate of drug-likeness (QED) is 0.756. The second kappa shape index (κ2) is 4.78. The van der Waals surface area contributed by atoms with E-state index in [2.05, 4.69) is 10.2 Å². The molecule has 0 aliphatic rings. The van der Waals surface area contributed by atoms with Crippen molar-refractivity contribution in [3.05, 3.63) is 42.5 Å². The molecule has 88 valence electrons. The van der Waals surface area contributed by atoms with Crippen molar-refractivity contribution in [1.29, 1.82) is 0 Å². The van der Waals surface area contributed by atoms with Gasteiger partial charge in [-0.25, -0.2) is 4.79 Å². The van der Waals surface area contributed by atoms with Gasteiger partial charge < -0.3 is 4.74 Å². The van der Waals surface area contributed by atoms with Crippen LogP contribution in [0.1, 0.15) is 24.2 Å². The molecule has 1 aromatic carbocycles. The number of aromatic nitrogens is 3. The monoisotopic (exact) mass is 231 g/mol. The summed E-state index contributed by atoms with van der Waals surface area (Å²) in [7, 11) is 0. The van der Waals surface area contributed by atoms with Gasteiger partial charge >= 0.3 is 5.97 Å². The van der Waals surface area contributed by atoms with Crippen molar-refractivity contribution in [2.75, 3.05) is 0 Å². The van der Waals surface area contributed by atoms with E-state index in [9.17, 15) is 4.79 Å². The van der Waals surface area contributed by atoms with Crippen molar-refractivity contribution in [2.45, 2.75) is 20.0 Å². The number of hydrogen-bond acceptors (Lipinski definition) is 4. The highest BCUT2D eigenvalue weighted by Gasteiger charge is 2.09. The topological polar surface area (TPSA) is 57.0 Å². The predicted molar refractivity (Wildman–Crippen MR) is 61.9 cm³/mol. The largest absolute Gasteiger partial charge is 0.459 e. The molecule has 2 rings (SSSR count). The molecule has 17 heavy (non-hydrogen) atoms. The molecule has 0 atom stereocenters. The van der Waals surface area contributed by atoms with Crippen molar-refractivity contribution in [3.63, 3.8) is 0 Å². The molecule has 2 aromatic rings. The van der Waals surface area contributed by atoms with Crippen molar-refractivity contribution >= 4 is 5.97 Å². The minimum Gasteiger partial charge on any atom is -0.459 e. The van der Waals surface area contributed by atoms with Gasteiger partial charge in [0.15, 0.2) is 0 Å². The maximum Gasteiger partial charge on any atom is 0.338 e. The molecule has 0 spiro atoms. The molecule has 0 bridgehead atoms. The van der Waals surface area contributed by atoms with Crippen molar-refractivity contribution in [3.8, 4) is 5.69 Å². The molecule has 0 saturated heterocycles. The highest BCUT2D eigenvalue weighted by molar-refractivity contribution is 5.90. The summed E-state index contributed by atoms with van der Waals surface area (Å²) in [5.41, 5.74) is 1.35. The summed E-state index contributed by atoms with van der Waals surface area (Å²) >= 11 is 0. The van der Waals surface area contributed by atoms with Gasteiger partial charge in [0.05, 0.1) is 11.7 Å². The molecule has 0 radical (unpaired) electrons. The first-order valence-corrected chi connectivity index (χ1v) is 5.33. The third-order valence-corrected chi connectivity index (χ3v) is 2.14. The van der Waals surface area contributed by atoms with E-state index in [4.69, 9.17) is 4.74 Å². The fraction of sp³-hybridized carbons (Fsp3) is 0.250. The number of hydrogen-bond donors (Lipinski definition) is 0. The zero-order valence-electron chi connectivity index (χ0n) is 9.70. The second-order valence-corrected chi connectivity index (χ2v) is 3.87. The predicted octanol–water partition coefficient (Wildman–Crippen LogP) is 1.83. The fourth-order valence-electron chi connectivity index (χ4n) is 1.41. The SMILES string of the molecule is CC(C)OC(=O)c1cccc(-n2cnnc2)c1. The average Bonchev–Trinajstić information content (AvgIpc) is 2.82. The van der Waals surface area contributed by atoms with Crippen LogP contribution in [-0.4, -0.2) is 26.8 Å². The van der Waals surface area contributed by atoms with Crippen LogP contribution in [0.2, 0.25) is 0 Å². The lowest BCUT2D eigenvalue weighted by atomic mass is 10.2. The molecule has 0 amide bonds. The number of rotatable bonds is 3. The molecule has 0 aliphatic carbocycles. The van der Waals surface area contributed by atoms with Crippen molar-refractivity contribution < 1.29 is 9.53 Å². The molecule has 5 nitrogen and oxygen atoms in total. The molecule has 5 heteroatoms. The lowest BCUT2D eigenvalue weighted by Gasteiger charge is -2.08. The van der Waals surface area contributed by atoms with Crippen LogP contribution in [0.4, 0.5) is 0 Å². The molecule has 0 saturated carbocycles. The first-order valence-electron chi connectivity index (χ1n) is 5.33. The molecule has 1 heterocycles. The molecule has 1 aromatic heterocycles. The molecular weight excluding hydrogens is 218 g/mol. The van der Waals surface area contributed by atoms with Gasteiger partial charge in [-0.1, -0.05) is 6.07 Å². The molecule has 0 unspecified atom stereocenters. The van der Waals surface area contributed by atoms with E-state index < -0.39 is 0 Å². The summed E-state index contributed by atoms with van der Waals surface area (Å²) in [5.74, 6) is -0.324. The van der Waals surface area contributed by atoms with Crippen molar-refractivity contribution in [1.82, 2.24) is 14.8 Å². The van der Waals surface area contributed by atoms with Gasteiger partial charge in [-0.05, 0) is 32.0 Å². The van der Waals surface area contributed by atoms with Crippen LogP contribution in [0.15, 0.2) is 36.9 Å². The zero-order valence-corrected chi connectivity index (χ0v) is 9.70. The Bertz CT molecular complexity index is 506. The van der Waals surface area contributed by atoms with Gasteiger partial charge in [0.25, 0.3) is 0 Å². The lowest BCUT2D eigenvalue weighted by molar-refractivity contribution is 0.0378. The van der Waals surface area contributed by atoms with Crippen LogP contribution in [0.5, 0.6) is 0 Å². The minimum atomic E-state index is -0.324. The van der Waals surface area contributed by atoms with E-state index in [0.717, 1.165) is 5.69 Å². The van der Waals surface area contributed by atoms with E-state index in [-0.39, 0.29) is 12.1 Å². The van der Waals surface area contributed by atoms with Crippen LogP contribution in [-0.2, 0) is 4.74 Å². The molecule has 0 aliphatic heterocycles. The van der Waals surface area contributed by atoms with E-state index in [1.807, 2.05) is 19.9 Å². The Morgan fingerprint density at radius 2 is 2.00 bits per heavy atom. The summed E-state index contributed by atoms with van der Waals surface area (Å²) < 4.78 is 6.86. The van der Waals surface area contributed by atoms with Gasteiger partial charge in [-0.2, -0.15) is 0 Å². The minimum absolute atomic E-state index is 0.124. The highest BCUT2D eigenvalue weighted by Crippen LogP contribution is 2.11. The van der Waals surface area contributed by atoms with Crippen molar-refractivity contribution in [2.24, 2.45) is 0 Å². The van der Waals surface area contributed by atoms with E-state index >= 15 is 0 Å². The summed E-state index contributed by atoms with van der Waals surface area (Å²) in [6, 6.07) is 7.13. The van der Waals surface area contributed by atoms with Gasteiger partial charge in [0.2, 0.25) is 0 Å². The summed E-state index contributed by atoms with van der Waals surface area (Å²) in [6.45, 7) is 3.64. The summed E-state index contributed by atoms with van der Waals surface area (Å²) in [4.78, 5) is 11.7. The normalized spacial score (nSPS) is 10.5. The first kappa shape index (κ1) is 11.3. The Morgan fingerprint density at radius 3 is 2.65 bits per heavy atom. The second-order valence-electron chi connectivity index (χ2n) is 3.87. The standard InChI is InChI=1S/C12H13N3O2/c1-9(2)17-12(16)10-4-3-5-11(6-10)15-7-13-14-8-15/h3-9H,1-2H3. The van der Waals surface area contributed by atoms with Crippen LogP contribution in [0.25, 0.3) is 5.69 Å². The summed E-state index contributed by atoms with van der Waals surface area (Å²) in [5, 5.41) is 7.44. The van der Waals surface area contributed by atoms with Gasteiger partial charge in [-0.15, -0.1) is 10.2 Å². The third kappa shape index (κ3) is 2.69. The maximum atomic E-state index is 11.7. The highest BCUT2D eigenvalue weighted by atomic mass is 16.5. The van der Waals surface area contributed by atoms with Crippen LogP contribution >= 0.6 is 0 Å². The smallest absolute Gasteiger partial charge is 0.338 e. The number of esters is 1. The number of ether oxygens (including phenoxy) is 1. The third-order valence-electron chi connectivity index (χ3n) is 2.14. The zero-order chi connectivity index (χ0) is 12.3. The number of carbonyl (C=O) groups is 1. The molecule has 0 fully saturated rings. The fourth-order valence-corrected chi connectivity index (χ4v) is 1.41. The molecular formula is C12H13N3O2. The Balaban J connectivity index is 2.26. The average molecular weight is 231 g/mol. The summed E-state index contributed by atoms with van der Waals surface area (Å²) in [6.07, 6.45) is 3.03. The number of benzene rings is 1. The van der Waals surface area contributed by atoms with Gasteiger partial charge in [0, 0.05) is 5.69 Å². The van der Waals surface area contributed by atoms with E-state index in [1.54, 1.807) is 35.4 Å². The Hall–Kier alpha value is -2.17. The number of carbonyl (C=O) groups excluding carboxylic acids is 1. The van der Waals surface area contributed by atoms with E-state index in [0.29, 0.717) is 5.56 Å².